The monoisotopic (exact) mass is 382 g/mol. The van der Waals surface area contributed by atoms with Crippen molar-refractivity contribution in [3.8, 4) is 0 Å². The second-order valence-electron chi connectivity index (χ2n) is 7.62. The summed E-state index contributed by atoms with van der Waals surface area (Å²) in [5.74, 6) is 0.168. The molecule has 3 atom stereocenters. The van der Waals surface area contributed by atoms with Crippen molar-refractivity contribution >= 4 is 6.08 Å². The predicted octanol–water partition coefficient (Wildman–Crippen LogP) is 3.90. The SMILES string of the molecule is CC=Cc1ccc([C@H]2[C@H]3CN(CCC(F)(F)F)CCCCN3[C@H]2CO)cc1. The molecule has 3 nitrogen and oxygen atoms in total. The van der Waals surface area contributed by atoms with Gasteiger partial charge >= 0.3 is 6.18 Å². The molecule has 2 aliphatic rings. The van der Waals surface area contributed by atoms with Gasteiger partial charge in [0.25, 0.3) is 0 Å². The van der Waals surface area contributed by atoms with Crippen molar-refractivity contribution in [1.29, 1.82) is 0 Å². The Morgan fingerprint density at radius 2 is 1.85 bits per heavy atom. The molecule has 3 rings (SSSR count). The lowest BCUT2D eigenvalue weighted by Gasteiger charge is -2.57. The van der Waals surface area contributed by atoms with Gasteiger partial charge in [-0.1, -0.05) is 36.4 Å². The van der Waals surface area contributed by atoms with Gasteiger partial charge in [-0.05, 0) is 44.0 Å². The number of aliphatic hydroxyl groups is 1. The highest BCUT2D eigenvalue weighted by Gasteiger charge is 2.49. The molecule has 0 aromatic heterocycles. The van der Waals surface area contributed by atoms with Crippen molar-refractivity contribution in [3.05, 3.63) is 41.5 Å². The van der Waals surface area contributed by atoms with E-state index in [1.54, 1.807) is 0 Å². The van der Waals surface area contributed by atoms with Crippen LogP contribution in [0.25, 0.3) is 6.08 Å². The highest BCUT2D eigenvalue weighted by atomic mass is 19.4. The number of hydrogen-bond acceptors (Lipinski definition) is 3. The van der Waals surface area contributed by atoms with Crippen molar-refractivity contribution in [3.63, 3.8) is 0 Å². The van der Waals surface area contributed by atoms with Crippen molar-refractivity contribution in [2.45, 2.75) is 50.4 Å². The van der Waals surface area contributed by atoms with Crippen LogP contribution in [-0.4, -0.2) is 66.0 Å². The fourth-order valence-corrected chi connectivity index (χ4v) is 4.52. The lowest BCUT2D eigenvalue weighted by molar-refractivity contribution is -0.140. The number of benzene rings is 1. The Morgan fingerprint density at radius 1 is 1.15 bits per heavy atom. The molecule has 150 valence electrons. The van der Waals surface area contributed by atoms with E-state index in [0.717, 1.165) is 31.5 Å². The summed E-state index contributed by atoms with van der Waals surface area (Å²) in [5, 5.41) is 9.92. The van der Waals surface area contributed by atoms with Crippen LogP contribution < -0.4 is 0 Å². The minimum atomic E-state index is -4.11. The van der Waals surface area contributed by atoms with E-state index in [0.29, 0.717) is 6.54 Å². The quantitative estimate of drug-likeness (QED) is 0.837. The molecule has 1 aromatic carbocycles. The van der Waals surface area contributed by atoms with E-state index in [1.165, 1.54) is 5.56 Å². The fourth-order valence-electron chi connectivity index (χ4n) is 4.52. The first-order valence-electron chi connectivity index (χ1n) is 9.81. The fraction of sp³-hybridized carbons (Fsp3) is 0.619. The number of fused-ring (bicyclic) bond motifs is 1. The topological polar surface area (TPSA) is 26.7 Å². The molecule has 2 aliphatic heterocycles. The van der Waals surface area contributed by atoms with E-state index in [4.69, 9.17) is 0 Å². The molecule has 6 heteroatoms. The second kappa shape index (κ2) is 8.76. The molecule has 0 radical (unpaired) electrons. The van der Waals surface area contributed by atoms with Crippen LogP contribution in [-0.2, 0) is 0 Å². The normalized spacial score (nSPS) is 27.8. The number of alkyl halides is 3. The van der Waals surface area contributed by atoms with E-state index in [-0.39, 0.29) is 31.2 Å². The molecule has 2 saturated heterocycles. The standard InChI is InChI=1S/C21H29F3N2O/c1-2-5-16-6-8-17(9-7-16)20-18-14-25(13-10-21(22,23)24)11-3-4-12-26(18)19(20)15-27/h2,5-9,18-20,27H,3-4,10-15H2,1H3/t18-,19+,20+/m1/s1. The minimum absolute atomic E-state index is 0.0601. The van der Waals surface area contributed by atoms with Gasteiger partial charge < -0.3 is 10.0 Å². The molecule has 0 amide bonds. The molecule has 27 heavy (non-hydrogen) atoms. The first kappa shape index (κ1) is 20.4. The number of rotatable bonds is 5. The first-order chi connectivity index (χ1) is 12.9. The summed E-state index contributed by atoms with van der Waals surface area (Å²) in [6, 6.07) is 8.55. The lowest BCUT2D eigenvalue weighted by Crippen LogP contribution is -2.67. The van der Waals surface area contributed by atoms with Crippen LogP contribution in [0.4, 0.5) is 13.2 Å². The van der Waals surface area contributed by atoms with Gasteiger partial charge in [-0.15, -0.1) is 0 Å². The van der Waals surface area contributed by atoms with E-state index in [2.05, 4.69) is 29.2 Å². The Labute approximate surface area is 159 Å². The zero-order valence-electron chi connectivity index (χ0n) is 15.8. The molecule has 0 saturated carbocycles. The van der Waals surface area contributed by atoms with E-state index in [9.17, 15) is 18.3 Å². The average molecular weight is 382 g/mol. The maximum atomic E-state index is 12.7. The third kappa shape index (κ3) is 4.92. The van der Waals surface area contributed by atoms with Crippen LogP contribution in [0.5, 0.6) is 0 Å². The Bertz CT molecular complexity index is 629. The molecule has 0 bridgehead atoms. The number of nitrogens with zero attached hydrogens (tertiary/aromatic N) is 2. The van der Waals surface area contributed by atoms with Crippen LogP contribution in [0.15, 0.2) is 30.3 Å². The zero-order valence-corrected chi connectivity index (χ0v) is 15.8. The number of halogens is 3. The van der Waals surface area contributed by atoms with Gasteiger partial charge in [0.2, 0.25) is 0 Å². The molecule has 2 heterocycles. The van der Waals surface area contributed by atoms with Crippen molar-refractivity contribution < 1.29 is 18.3 Å². The average Bonchev–Trinajstić information content (AvgIpc) is 2.60. The molecule has 2 fully saturated rings. The highest BCUT2D eigenvalue weighted by Crippen LogP contribution is 2.42. The molecule has 0 unspecified atom stereocenters. The summed E-state index contributed by atoms with van der Waals surface area (Å²) in [6.07, 6.45) is 1.02. The Hall–Kier alpha value is -1.37. The van der Waals surface area contributed by atoms with Crippen LogP contribution >= 0.6 is 0 Å². The Balaban J connectivity index is 1.75. The van der Waals surface area contributed by atoms with Gasteiger partial charge in [-0.3, -0.25) is 4.90 Å². The molecule has 1 aromatic rings. The molecule has 0 aliphatic carbocycles. The third-order valence-corrected chi connectivity index (χ3v) is 5.85. The molecular weight excluding hydrogens is 353 g/mol. The maximum absolute atomic E-state index is 12.7. The zero-order chi connectivity index (χ0) is 19.4. The molecular formula is C21H29F3N2O. The van der Waals surface area contributed by atoms with Crippen LogP contribution in [0.2, 0.25) is 0 Å². The van der Waals surface area contributed by atoms with Gasteiger partial charge in [0, 0.05) is 31.1 Å². The largest absolute Gasteiger partial charge is 0.395 e. The number of aliphatic hydroxyl groups excluding tert-OH is 1. The first-order valence-corrected chi connectivity index (χ1v) is 9.81. The van der Waals surface area contributed by atoms with Gasteiger partial charge in [-0.25, -0.2) is 0 Å². The summed E-state index contributed by atoms with van der Waals surface area (Å²) in [4.78, 5) is 4.25. The van der Waals surface area contributed by atoms with Crippen molar-refractivity contribution in [2.75, 3.05) is 32.8 Å². The van der Waals surface area contributed by atoms with Crippen molar-refractivity contribution in [1.82, 2.24) is 9.80 Å². The van der Waals surface area contributed by atoms with Gasteiger partial charge in [0.15, 0.2) is 0 Å². The number of allylic oxidation sites excluding steroid dienone is 1. The van der Waals surface area contributed by atoms with Crippen LogP contribution in [0.1, 0.15) is 43.2 Å². The summed E-state index contributed by atoms with van der Waals surface area (Å²) >= 11 is 0. The van der Waals surface area contributed by atoms with Crippen LogP contribution in [0.3, 0.4) is 0 Å². The minimum Gasteiger partial charge on any atom is -0.395 e. The molecule has 1 N–H and O–H groups in total. The Morgan fingerprint density at radius 3 is 2.48 bits per heavy atom. The maximum Gasteiger partial charge on any atom is 0.390 e. The molecule has 0 spiro atoms. The van der Waals surface area contributed by atoms with E-state index < -0.39 is 12.6 Å². The van der Waals surface area contributed by atoms with E-state index in [1.807, 2.05) is 24.0 Å². The summed E-state index contributed by atoms with van der Waals surface area (Å²) < 4.78 is 38.0. The van der Waals surface area contributed by atoms with E-state index >= 15 is 0 Å². The lowest BCUT2D eigenvalue weighted by atomic mass is 9.74. The second-order valence-corrected chi connectivity index (χ2v) is 7.62. The van der Waals surface area contributed by atoms with Crippen molar-refractivity contribution in [2.24, 2.45) is 0 Å². The third-order valence-electron chi connectivity index (χ3n) is 5.85. The summed E-state index contributed by atoms with van der Waals surface area (Å²) in [5.41, 5.74) is 2.29. The number of hydrogen-bond donors (Lipinski definition) is 1. The van der Waals surface area contributed by atoms with Gasteiger partial charge in [0.1, 0.15) is 0 Å². The Kier molecular flexibility index (Phi) is 6.61. The van der Waals surface area contributed by atoms with Gasteiger partial charge in [0.05, 0.1) is 13.0 Å². The van der Waals surface area contributed by atoms with Crippen LogP contribution in [0, 0.1) is 0 Å². The highest BCUT2D eigenvalue weighted by molar-refractivity contribution is 5.50. The smallest absolute Gasteiger partial charge is 0.390 e. The summed E-state index contributed by atoms with van der Waals surface area (Å²) in [6.45, 7) is 4.38. The summed E-state index contributed by atoms with van der Waals surface area (Å²) in [7, 11) is 0. The predicted molar refractivity (Wildman–Crippen MR) is 102 cm³/mol. The van der Waals surface area contributed by atoms with Gasteiger partial charge in [-0.2, -0.15) is 13.2 Å².